The van der Waals surface area contributed by atoms with Crippen LogP contribution in [0, 0.1) is 0 Å². The molecule has 0 fully saturated rings. The van der Waals surface area contributed by atoms with E-state index in [1.165, 1.54) is 27.6 Å². The molecule has 48 heavy (non-hydrogen) atoms. The zero-order valence-electron chi connectivity index (χ0n) is 25.7. The first-order valence-corrected chi connectivity index (χ1v) is 16.7. The third kappa shape index (κ3) is 4.98. The molecule has 0 bridgehead atoms. The number of rotatable bonds is 5. The molecule has 0 unspecified atom stereocenters. The Labute approximate surface area is 285 Å². The van der Waals surface area contributed by atoms with Gasteiger partial charge in [0.15, 0.2) is 11.6 Å². The monoisotopic (exact) mass is 680 g/mol. The maximum atomic E-state index is 6.21. The van der Waals surface area contributed by atoms with E-state index in [9.17, 15) is 0 Å². The molecule has 0 aliphatic rings. The molecular formula is C43H26N3OSe. The van der Waals surface area contributed by atoms with Crippen LogP contribution in [-0.4, -0.2) is 31.0 Å². The van der Waals surface area contributed by atoms with Gasteiger partial charge in [-0.05, 0) is 12.1 Å². The van der Waals surface area contributed by atoms with E-state index in [0.29, 0.717) is 17.5 Å². The second kappa shape index (κ2) is 11.7. The summed E-state index contributed by atoms with van der Waals surface area (Å²) >= 11 is 3.20. The second-order valence-corrected chi connectivity index (χ2v) is 12.7. The summed E-state index contributed by atoms with van der Waals surface area (Å²) in [4.78, 5) is 15.2. The summed E-state index contributed by atoms with van der Waals surface area (Å²) in [6, 6.07) is 54.3. The number of benzene rings is 7. The van der Waals surface area contributed by atoms with Gasteiger partial charge in [-0.2, -0.15) is 0 Å². The third-order valence-electron chi connectivity index (χ3n) is 8.82. The van der Waals surface area contributed by atoms with Crippen molar-refractivity contribution in [3.63, 3.8) is 0 Å². The van der Waals surface area contributed by atoms with Crippen LogP contribution >= 0.6 is 0 Å². The number of hydrogen-bond acceptors (Lipinski definition) is 4. The Bertz CT molecular complexity index is 2650. The first kappa shape index (κ1) is 28.4. The molecule has 0 saturated carbocycles. The van der Waals surface area contributed by atoms with Crippen LogP contribution in [0.5, 0.6) is 0 Å². The van der Waals surface area contributed by atoms with Gasteiger partial charge < -0.3 is 4.42 Å². The number of nitrogens with zero attached hydrogens (tertiary/aromatic N) is 3. The molecule has 0 spiro atoms. The van der Waals surface area contributed by atoms with Gasteiger partial charge in [-0.1, -0.05) is 60.7 Å². The number of para-hydroxylation sites is 1. The summed E-state index contributed by atoms with van der Waals surface area (Å²) in [5.74, 6) is 1.85. The van der Waals surface area contributed by atoms with Crippen LogP contribution in [0.25, 0.3) is 89.1 Å². The van der Waals surface area contributed by atoms with E-state index in [1.54, 1.807) is 0 Å². The Hall–Kier alpha value is -5.87. The van der Waals surface area contributed by atoms with E-state index >= 15 is 0 Å². The van der Waals surface area contributed by atoms with Crippen molar-refractivity contribution in [2.24, 2.45) is 0 Å². The van der Waals surface area contributed by atoms with Crippen LogP contribution in [0.3, 0.4) is 0 Å². The Morgan fingerprint density at radius 1 is 0.396 bits per heavy atom. The Balaban J connectivity index is 1.20. The molecule has 0 aliphatic carbocycles. The van der Waals surface area contributed by atoms with Crippen molar-refractivity contribution in [2.45, 2.75) is 0 Å². The Kier molecular flexibility index (Phi) is 6.93. The molecule has 0 N–H and O–H groups in total. The number of aromatic nitrogens is 3. The molecule has 0 atom stereocenters. The predicted octanol–water partition coefficient (Wildman–Crippen LogP) is 10.1. The quantitative estimate of drug-likeness (QED) is 0.170. The Morgan fingerprint density at radius 2 is 1.02 bits per heavy atom. The molecule has 2 heterocycles. The van der Waals surface area contributed by atoms with Crippen LogP contribution in [0.1, 0.15) is 0 Å². The molecule has 5 heteroatoms. The molecule has 9 aromatic rings. The van der Waals surface area contributed by atoms with Crippen molar-refractivity contribution in [3.05, 3.63) is 158 Å². The van der Waals surface area contributed by atoms with E-state index in [1.807, 2.05) is 60.7 Å². The molecule has 7 aromatic carbocycles. The van der Waals surface area contributed by atoms with Crippen molar-refractivity contribution >= 4 is 53.2 Å². The normalized spacial score (nSPS) is 11.4. The van der Waals surface area contributed by atoms with E-state index in [0.717, 1.165) is 48.5 Å². The third-order valence-corrected chi connectivity index (χ3v) is 9.57. The van der Waals surface area contributed by atoms with Gasteiger partial charge in [-0.15, -0.1) is 0 Å². The molecule has 0 aliphatic heterocycles. The van der Waals surface area contributed by atoms with Crippen molar-refractivity contribution < 1.29 is 4.42 Å². The van der Waals surface area contributed by atoms with Gasteiger partial charge in [-0.25, -0.2) is 4.98 Å². The number of hydrogen-bond donors (Lipinski definition) is 0. The van der Waals surface area contributed by atoms with Gasteiger partial charge in [-0.3, -0.25) is 0 Å². The summed E-state index contributed by atoms with van der Waals surface area (Å²) in [5, 5.41) is 4.32. The second-order valence-electron chi connectivity index (χ2n) is 11.8. The topological polar surface area (TPSA) is 51.8 Å². The number of fused-ring (bicyclic) bond motifs is 4. The summed E-state index contributed by atoms with van der Waals surface area (Å²) < 4.78 is 7.35. The number of furan rings is 1. The van der Waals surface area contributed by atoms with E-state index in [2.05, 4.69) is 113 Å². The summed E-state index contributed by atoms with van der Waals surface area (Å²) in [6.45, 7) is 0. The minimum absolute atomic E-state index is 0.607. The van der Waals surface area contributed by atoms with E-state index in [-0.39, 0.29) is 0 Å². The van der Waals surface area contributed by atoms with Crippen LogP contribution < -0.4 is 4.46 Å². The van der Waals surface area contributed by atoms with Crippen molar-refractivity contribution in [1.29, 1.82) is 0 Å². The first-order valence-electron chi connectivity index (χ1n) is 15.8. The van der Waals surface area contributed by atoms with Crippen molar-refractivity contribution in [3.8, 4) is 56.4 Å². The average Bonchev–Trinajstić information content (AvgIpc) is 3.54. The molecule has 0 saturated heterocycles. The van der Waals surface area contributed by atoms with Crippen LogP contribution in [-0.2, 0) is 0 Å². The van der Waals surface area contributed by atoms with E-state index < -0.39 is 0 Å². The molecular weight excluding hydrogens is 653 g/mol. The SMILES string of the molecule is [Se]c1ccccc1-c1cccc(-c2cccc3cc(-c4nc(-c5ccccc5)nc(-c5cccc6oc7ccccc7c56)n4)ccc23)c1. The molecule has 225 valence electrons. The summed E-state index contributed by atoms with van der Waals surface area (Å²) in [6.07, 6.45) is 0. The van der Waals surface area contributed by atoms with Gasteiger partial charge in [0, 0.05) is 21.9 Å². The summed E-state index contributed by atoms with van der Waals surface area (Å²) in [7, 11) is 0. The van der Waals surface area contributed by atoms with Crippen molar-refractivity contribution in [1.82, 2.24) is 15.0 Å². The summed E-state index contributed by atoms with van der Waals surface area (Å²) in [5.41, 5.74) is 9.14. The van der Waals surface area contributed by atoms with Crippen LogP contribution in [0.4, 0.5) is 0 Å². The minimum atomic E-state index is 0.607. The molecule has 2 aromatic heterocycles. The Morgan fingerprint density at radius 3 is 1.90 bits per heavy atom. The van der Waals surface area contributed by atoms with Gasteiger partial charge >= 0.3 is 160 Å². The van der Waals surface area contributed by atoms with Gasteiger partial charge in [0.1, 0.15) is 11.2 Å². The zero-order chi connectivity index (χ0) is 32.0. The van der Waals surface area contributed by atoms with Gasteiger partial charge in [0.25, 0.3) is 0 Å². The fraction of sp³-hybridized carbons (Fsp3) is 0. The predicted molar refractivity (Wildman–Crippen MR) is 197 cm³/mol. The standard InChI is InChI=1S/C43H26N3OSe/c48-39-22-7-5-16-34(39)30-14-8-13-28(25-30)32-18-9-15-29-26-31(23-24-33(29)32)42-44-41(27-11-2-1-3-12-27)45-43(46-42)36-19-10-21-38-40(36)35-17-4-6-20-37(35)47-38/h1-26H. The fourth-order valence-electron chi connectivity index (χ4n) is 6.54. The molecule has 1 radical (unpaired) electrons. The van der Waals surface area contributed by atoms with Gasteiger partial charge in [0.2, 0.25) is 0 Å². The first-order chi connectivity index (χ1) is 23.7. The molecule has 4 nitrogen and oxygen atoms in total. The van der Waals surface area contributed by atoms with E-state index in [4.69, 9.17) is 19.4 Å². The molecule has 9 rings (SSSR count). The van der Waals surface area contributed by atoms with Crippen LogP contribution in [0.2, 0.25) is 0 Å². The fourth-order valence-corrected chi connectivity index (χ4v) is 7.09. The van der Waals surface area contributed by atoms with Crippen LogP contribution in [0.15, 0.2) is 162 Å². The van der Waals surface area contributed by atoms with Crippen molar-refractivity contribution in [2.75, 3.05) is 0 Å². The maximum absolute atomic E-state index is 6.21. The average molecular weight is 680 g/mol. The zero-order valence-corrected chi connectivity index (χ0v) is 27.4. The van der Waals surface area contributed by atoms with Gasteiger partial charge in [0.05, 0.1) is 0 Å². The molecule has 0 amide bonds.